The van der Waals surface area contributed by atoms with Gasteiger partial charge in [-0.3, -0.25) is 0 Å². The fourth-order valence-corrected chi connectivity index (χ4v) is 3.17. The van der Waals surface area contributed by atoms with Gasteiger partial charge in [-0.15, -0.1) is 0 Å². The van der Waals surface area contributed by atoms with Gasteiger partial charge in [0.25, 0.3) is 0 Å². The highest BCUT2D eigenvalue weighted by Crippen LogP contribution is 2.16. The normalized spacial score (nSPS) is 14.5. The first-order valence-electron chi connectivity index (χ1n) is 8.29. The molecular weight excluding hydrogens is 321 g/mol. The zero-order valence-corrected chi connectivity index (χ0v) is 14.4. The van der Waals surface area contributed by atoms with Crippen molar-refractivity contribution in [3.05, 3.63) is 66.0 Å². The minimum atomic E-state index is -0.193. The van der Waals surface area contributed by atoms with E-state index in [9.17, 15) is 4.39 Å². The first kappa shape index (κ1) is 16.7. The molecule has 1 saturated heterocycles. The van der Waals surface area contributed by atoms with Gasteiger partial charge in [0.15, 0.2) is 5.11 Å². The quantitative estimate of drug-likeness (QED) is 0.860. The van der Waals surface area contributed by atoms with Crippen molar-refractivity contribution in [3.8, 4) is 0 Å². The molecule has 3 rings (SSSR count). The SMILES string of the molecule is Fc1ccc(N2CCN(C(=S)NCCc3ccccc3)CC2)cc1. The van der Waals surface area contributed by atoms with Crippen LogP contribution in [0.5, 0.6) is 0 Å². The van der Waals surface area contributed by atoms with Crippen LogP contribution in [0.3, 0.4) is 0 Å². The molecule has 0 radical (unpaired) electrons. The summed E-state index contributed by atoms with van der Waals surface area (Å²) in [6, 6.07) is 17.1. The molecule has 1 fully saturated rings. The molecule has 1 aliphatic rings. The molecule has 2 aromatic carbocycles. The lowest BCUT2D eigenvalue weighted by atomic mass is 10.1. The second-order valence-electron chi connectivity index (χ2n) is 5.92. The minimum Gasteiger partial charge on any atom is -0.368 e. The number of halogens is 1. The number of nitrogens with one attached hydrogen (secondary N) is 1. The van der Waals surface area contributed by atoms with Crippen molar-refractivity contribution in [2.45, 2.75) is 6.42 Å². The number of hydrogen-bond donors (Lipinski definition) is 1. The number of hydrogen-bond acceptors (Lipinski definition) is 2. The molecular formula is C19H22FN3S. The Morgan fingerprint density at radius 1 is 0.958 bits per heavy atom. The maximum Gasteiger partial charge on any atom is 0.169 e. The van der Waals surface area contributed by atoms with Gasteiger partial charge >= 0.3 is 0 Å². The second-order valence-corrected chi connectivity index (χ2v) is 6.30. The number of nitrogens with zero attached hydrogens (tertiary/aromatic N) is 2. The summed E-state index contributed by atoms with van der Waals surface area (Å²) in [5.74, 6) is -0.193. The zero-order chi connectivity index (χ0) is 16.8. The summed E-state index contributed by atoms with van der Waals surface area (Å²) >= 11 is 5.51. The molecule has 3 nitrogen and oxygen atoms in total. The topological polar surface area (TPSA) is 18.5 Å². The van der Waals surface area contributed by atoms with Crippen LogP contribution in [0.1, 0.15) is 5.56 Å². The molecule has 1 aliphatic heterocycles. The molecule has 0 amide bonds. The average molecular weight is 343 g/mol. The van der Waals surface area contributed by atoms with E-state index >= 15 is 0 Å². The fourth-order valence-electron chi connectivity index (χ4n) is 2.89. The van der Waals surface area contributed by atoms with Crippen LogP contribution in [0.4, 0.5) is 10.1 Å². The van der Waals surface area contributed by atoms with E-state index in [-0.39, 0.29) is 5.82 Å². The van der Waals surface area contributed by atoms with Crippen molar-refractivity contribution >= 4 is 23.0 Å². The van der Waals surface area contributed by atoms with Gasteiger partial charge in [0.05, 0.1) is 0 Å². The van der Waals surface area contributed by atoms with Crippen LogP contribution in [0.15, 0.2) is 54.6 Å². The first-order chi connectivity index (χ1) is 11.7. The molecule has 2 aromatic rings. The zero-order valence-electron chi connectivity index (χ0n) is 13.6. The Kier molecular flexibility index (Phi) is 5.64. The Morgan fingerprint density at radius 2 is 1.62 bits per heavy atom. The van der Waals surface area contributed by atoms with Crippen molar-refractivity contribution in [1.82, 2.24) is 10.2 Å². The molecule has 0 bridgehead atoms. The highest BCUT2D eigenvalue weighted by atomic mass is 32.1. The summed E-state index contributed by atoms with van der Waals surface area (Å²) in [6.07, 6.45) is 0.969. The Labute approximate surface area is 148 Å². The van der Waals surface area contributed by atoms with E-state index in [2.05, 4.69) is 39.4 Å². The standard InChI is InChI=1S/C19H22FN3S/c20-17-6-8-18(9-7-17)22-12-14-23(15-13-22)19(24)21-11-10-16-4-2-1-3-5-16/h1-9H,10-15H2,(H,21,24). The van der Waals surface area contributed by atoms with Crippen LogP contribution < -0.4 is 10.2 Å². The minimum absolute atomic E-state index is 0.193. The molecule has 0 spiro atoms. The Bertz CT molecular complexity index is 652. The Hall–Kier alpha value is -2.14. The van der Waals surface area contributed by atoms with Crippen LogP contribution in [0.2, 0.25) is 0 Å². The smallest absolute Gasteiger partial charge is 0.169 e. The number of thiocarbonyl (C=S) groups is 1. The number of piperazine rings is 1. The molecule has 126 valence electrons. The van der Waals surface area contributed by atoms with Crippen molar-refractivity contribution < 1.29 is 4.39 Å². The largest absolute Gasteiger partial charge is 0.368 e. The molecule has 1 N–H and O–H groups in total. The third-order valence-corrected chi connectivity index (χ3v) is 4.69. The molecule has 0 aliphatic carbocycles. The summed E-state index contributed by atoms with van der Waals surface area (Å²) in [5.41, 5.74) is 2.38. The van der Waals surface area contributed by atoms with Crippen LogP contribution in [0, 0.1) is 5.82 Å². The van der Waals surface area contributed by atoms with Crippen molar-refractivity contribution in [3.63, 3.8) is 0 Å². The van der Waals surface area contributed by atoms with E-state index < -0.39 is 0 Å². The number of benzene rings is 2. The van der Waals surface area contributed by atoms with Gasteiger partial charge in [0.1, 0.15) is 5.82 Å². The van der Waals surface area contributed by atoms with Crippen LogP contribution in [-0.2, 0) is 6.42 Å². The maximum absolute atomic E-state index is 13.0. The van der Waals surface area contributed by atoms with Crippen LogP contribution in [0.25, 0.3) is 0 Å². The molecule has 0 saturated carbocycles. The van der Waals surface area contributed by atoms with Crippen molar-refractivity contribution in [1.29, 1.82) is 0 Å². The molecule has 0 atom stereocenters. The van der Waals surface area contributed by atoms with Gasteiger partial charge in [-0.05, 0) is 48.5 Å². The fraction of sp³-hybridized carbons (Fsp3) is 0.316. The Balaban J connectivity index is 1.42. The van der Waals surface area contributed by atoms with Crippen molar-refractivity contribution in [2.24, 2.45) is 0 Å². The molecule has 5 heteroatoms. The van der Waals surface area contributed by atoms with E-state index in [4.69, 9.17) is 12.2 Å². The van der Waals surface area contributed by atoms with Crippen molar-refractivity contribution in [2.75, 3.05) is 37.6 Å². The van der Waals surface area contributed by atoms with Gasteiger partial charge in [-0.1, -0.05) is 30.3 Å². The van der Waals surface area contributed by atoms with Gasteiger partial charge in [-0.2, -0.15) is 0 Å². The Morgan fingerprint density at radius 3 is 2.29 bits per heavy atom. The van der Waals surface area contributed by atoms with Gasteiger partial charge in [0, 0.05) is 38.4 Å². The van der Waals surface area contributed by atoms with Crippen LogP contribution in [-0.4, -0.2) is 42.7 Å². The van der Waals surface area contributed by atoms with E-state index in [1.54, 1.807) is 0 Å². The summed E-state index contributed by atoms with van der Waals surface area (Å²) < 4.78 is 13.0. The average Bonchev–Trinajstić information content (AvgIpc) is 2.63. The van der Waals surface area contributed by atoms with Gasteiger partial charge in [0.2, 0.25) is 0 Å². The lowest BCUT2D eigenvalue weighted by Crippen LogP contribution is -2.52. The molecule has 0 unspecified atom stereocenters. The predicted molar refractivity (Wildman–Crippen MR) is 101 cm³/mol. The third-order valence-electron chi connectivity index (χ3n) is 4.29. The van der Waals surface area contributed by atoms with E-state index in [1.165, 1.54) is 17.7 Å². The molecule has 1 heterocycles. The van der Waals surface area contributed by atoms with E-state index in [0.717, 1.165) is 49.9 Å². The lowest BCUT2D eigenvalue weighted by molar-refractivity contribution is 0.380. The second kappa shape index (κ2) is 8.11. The third kappa shape index (κ3) is 4.45. The summed E-state index contributed by atoms with van der Waals surface area (Å²) in [5, 5.41) is 4.18. The van der Waals surface area contributed by atoms with Gasteiger partial charge < -0.3 is 15.1 Å². The maximum atomic E-state index is 13.0. The predicted octanol–water partition coefficient (Wildman–Crippen LogP) is 3.06. The van der Waals surface area contributed by atoms with E-state index in [0.29, 0.717) is 0 Å². The van der Waals surface area contributed by atoms with E-state index in [1.807, 2.05) is 18.2 Å². The summed E-state index contributed by atoms with van der Waals surface area (Å²) in [6.45, 7) is 4.41. The number of anilines is 1. The van der Waals surface area contributed by atoms with Gasteiger partial charge in [-0.25, -0.2) is 4.39 Å². The first-order valence-corrected chi connectivity index (χ1v) is 8.70. The highest BCUT2D eigenvalue weighted by molar-refractivity contribution is 7.80. The number of rotatable bonds is 4. The summed E-state index contributed by atoms with van der Waals surface area (Å²) in [7, 11) is 0. The summed E-state index contributed by atoms with van der Waals surface area (Å²) in [4.78, 5) is 4.48. The molecule has 0 aromatic heterocycles. The highest BCUT2D eigenvalue weighted by Gasteiger charge is 2.18. The monoisotopic (exact) mass is 343 g/mol. The lowest BCUT2D eigenvalue weighted by Gasteiger charge is -2.37. The molecule has 24 heavy (non-hydrogen) atoms. The van der Waals surface area contributed by atoms with Crippen LogP contribution >= 0.6 is 12.2 Å².